The van der Waals surface area contributed by atoms with Gasteiger partial charge in [0.05, 0.1) is 12.2 Å². The molecule has 8 heteroatoms. The molecule has 0 N–H and O–H groups in total. The van der Waals surface area contributed by atoms with Gasteiger partial charge in [0.25, 0.3) is 10.0 Å². The minimum Gasteiger partial charge on any atom is -0.264 e. The summed E-state index contributed by atoms with van der Waals surface area (Å²) in [7, 11) is -4.18. The Labute approximate surface area is 160 Å². The van der Waals surface area contributed by atoms with Crippen molar-refractivity contribution in [2.24, 2.45) is 0 Å². The van der Waals surface area contributed by atoms with E-state index >= 15 is 0 Å². The maximum absolute atomic E-state index is 14.3. The van der Waals surface area contributed by atoms with Crippen LogP contribution in [0.3, 0.4) is 0 Å². The molecule has 3 rings (SSSR count). The van der Waals surface area contributed by atoms with E-state index in [9.17, 15) is 12.8 Å². The van der Waals surface area contributed by atoms with E-state index in [2.05, 4.69) is 4.98 Å². The maximum Gasteiger partial charge on any atom is 0.267 e. The van der Waals surface area contributed by atoms with Gasteiger partial charge in [-0.2, -0.15) is 0 Å². The topological polar surface area (TPSA) is 50.3 Å². The first kappa shape index (κ1) is 18.6. The fourth-order valence-corrected chi connectivity index (χ4v) is 4.17. The van der Waals surface area contributed by atoms with E-state index in [1.54, 1.807) is 48.8 Å². The van der Waals surface area contributed by atoms with Crippen LogP contribution in [0.5, 0.6) is 0 Å². The van der Waals surface area contributed by atoms with Gasteiger partial charge < -0.3 is 0 Å². The molecule has 1 aromatic heterocycles. The zero-order valence-electron chi connectivity index (χ0n) is 13.3. The third kappa shape index (κ3) is 3.98. The first-order valence-electron chi connectivity index (χ1n) is 7.50. The second-order valence-electron chi connectivity index (χ2n) is 5.42. The van der Waals surface area contributed by atoms with Crippen LogP contribution >= 0.6 is 23.2 Å². The van der Waals surface area contributed by atoms with Crippen LogP contribution in [0.2, 0.25) is 10.0 Å². The zero-order valence-corrected chi connectivity index (χ0v) is 15.6. The normalized spacial score (nSPS) is 11.3. The summed E-state index contributed by atoms with van der Waals surface area (Å²) in [6, 6.07) is 13.2. The number of hydrogen-bond donors (Lipinski definition) is 0. The number of benzene rings is 2. The second kappa shape index (κ2) is 7.61. The number of aromatic nitrogens is 1. The van der Waals surface area contributed by atoms with E-state index < -0.39 is 20.7 Å². The number of nitrogens with zero attached hydrogens (tertiary/aromatic N) is 2. The largest absolute Gasteiger partial charge is 0.267 e. The van der Waals surface area contributed by atoms with Crippen molar-refractivity contribution in [3.05, 3.63) is 88.4 Å². The van der Waals surface area contributed by atoms with Gasteiger partial charge in [0.2, 0.25) is 0 Å². The summed E-state index contributed by atoms with van der Waals surface area (Å²) in [4.78, 5) is 3.54. The van der Waals surface area contributed by atoms with Crippen molar-refractivity contribution < 1.29 is 12.8 Å². The molecule has 1 heterocycles. The Balaban J connectivity index is 2.11. The minimum atomic E-state index is -4.18. The van der Waals surface area contributed by atoms with E-state index in [0.717, 1.165) is 16.4 Å². The number of halogens is 3. The summed E-state index contributed by atoms with van der Waals surface area (Å²) in [6.07, 6.45) is 3.14. The van der Waals surface area contributed by atoms with Crippen molar-refractivity contribution in [2.75, 3.05) is 4.31 Å². The van der Waals surface area contributed by atoms with Crippen molar-refractivity contribution in [2.45, 2.75) is 11.4 Å². The average Bonchev–Trinajstić information content (AvgIpc) is 2.61. The molecule has 0 fully saturated rings. The Hall–Kier alpha value is -2.15. The molecule has 0 unspecified atom stereocenters. The van der Waals surface area contributed by atoms with Gasteiger partial charge in [-0.25, -0.2) is 12.8 Å². The van der Waals surface area contributed by atoms with E-state index in [0.29, 0.717) is 16.3 Å². The Morgan fingerprint density at radius 1 is 1.00 bits per heavy atom. The monoisotopic (exact) mass is 410 g/mol. The Morgan fingerprint density at radius 3 is 2.31 bits per heavy atom. The van der Waals surface area contributed by atoms with Crippen molar-refractivity contribution >= 4 is 38.9 Å². The van der Waals surface area contributed by atoms with E-state index in [4.69, 9.17) is 23.2 Å². The molecule has 0 radical (unpaired) electrons. The lowest BCUT2D eigenvalue weighted by atomic mass is 10.2. The number of sulfonamides is 1. The Kier molecular flexibility index (Phi) is 5.46. The molecule has 0 aliphatic heterocycles. The molecular weight excluding hydrogens is 398 g/mol. The first-order chi connectivity index (χ1) is 12.4. The third-order valence-electron chi connectivity index (χ3n) is 3.63. The predicted octanol–water partition coefficient (Wildman–Crippen LogP) is 4.92. The van der Waals surface area contributed by atoms with Crippen LogP contribution < -0.4 is 4.31 Å². The molecule has 2 aromatic carbocycles. The van der Waals surface area contributed by atoms with Gasteiger partial charge in [0.15, 0.2) is 0 Å². The third-order valence-corrected chi connectivity index (χ3v) is 5.92. The molecule has 26 heavy (non-hydrogen) atoms. The molecule has 0 aliphatic rings. The van der Waals surface area contributed by atoms with Crippen molar-refractivity contribution in [1.82, 2.24) is 4.98 Å². The molecule has 0 spiro atoms. The lowest BCUT2D eigenvalue weighted by molar-refractivity contribution is 0.563. The first-order valence-corrected chi connectivity index (χ1v) is 9.70. The van der Waals surface area contributed by atoms with Gasteiger partial charge in [-0.15, -0.1) is 0 Å². The SMILES string of the molecule is O=S(=O)(c1ccc(Cl)cc1F)N(Cc1cccnc1)c1ccc(Cl)cc1. The standard InChI is InChI=1S/C18H13Cl2FN2O2S/c19-14-3-6-16(7-4-14)23(12-13-2-1-9-22-11-13)26(24,25)18-8-5-15(20)10-17(18)21/h1-11H,12H2. The lowest BCUT2D eigenvalue weighted by Gasteiger charge is -2.25. The Morgan fingerprint density at radius 2 is 1.69 bits per heavy atom. The molecule has 0 saturated heterocycles. The molecule has 0 saturated carbocycles. The van der Waals surface area contributed by atoms with E-state index in [1.807, 2.05) is 0 Å². The van der Waals surface area contributed by atoms with Crippen LogP contribution in [0.25, 0.3) is 0 Å². The summed E-state index contributed by atoms with van der Waals surface area (Å²) < 4.78 is 41.7. The Bertz CT molecular complexity index is 1010. The summed E-state index contributed by atoms with van der Waals surface area (Å²) in [5.74, 6) is -0.914. The quantitative estimate of drug-likeness (QED) is 0.599. The van der Waals surface area contributed by atoms with Crippen LogP contribution in [-0.4, -0.2) is 13.4 Å². The smallest absolute Gasteiger partial charge is 0.264 e. The number of anilines is 1. The van der Waals surface area contributed by atoms with E-state index in [-0.39, 0.29) is 11.6 Å². The highest BCUT2D eigenvalue weighted by Crippen LogP contribution is 2.29. The van der Waals surface area contributed by atoms with Crippen LogP contribution in [0.15, 0.2) is 71.9 Å². The summed E-state index contributed by atoms with van der Waals surface area (Å²) >= 11 is 11.6. The van der Waals surface area contributed by atoms with Crippen LogP contribution in [0.1, 0.15) is 5.56 Å². The fourth-order valence-electron chi connectivity index (χ4n) is 2.38. The van der Waals surface area contributed by atoms with Gasteiger partial charge >= 0.3 is 0 Å². The molecule has 0 amide bonds. The van der Waals surface area contributed by atoms with Gasteiger partial charge in [0.1, 0.15) is 10.7 Å². The highest BCUT2D eigenvalue weighted by molar-refractivity contribution is 7.92. The van der Waals surface area contributed by atoms with Gasteiger partial charge in [-0.3, -0.25) is 9.29 Å². The highest BCUT2D eigenvalue weighted by Gasteiger charge is 2.28. The van der Waals surface area contributed by atoms with Gasteiger partial charge in [0, 0.05) is 22.4 Å². The molecule has 134 valence electrons. The summed E-state index contributed by atoms with van der Waals surface area (Å²) in [5.41, 5.74) is 1.01. The van der Waals surface area contributed by atoms with Crippen molar-refractivity contribution in [3.8, 4) is 0 Å². The highest BCUT2D eigenvalue weighted by atomic mass is 35.5. The van der Waals surface area contributed by atoms with Crippen LogP contribution in [-0.2, 0) is 16.6 Å². The van der Waals surface area contributed by atoms with Crippen molar-refractivity contribution in [3.63, 3.8) is 0 Å². The molecule has 0 atom stereocenters. The molecule has 3 aromatic rings. The summed E-state index contributed by atoms with van der Waals surface area (Å²) in [5, 5.41) is 0.580. The lowest BCUT2D eigenvalue weighted by Crippen LogP contribution is -2.31. The maximum atomic E-state index is 14.3. The summed E-state index contributed by atoms with van der Waals surface area (Å²) in [6.45, 7) is -0.0140. The number of pyridine rings is 1. The zero-order chi connectivity index (χ0) is 18.7. The molecule has 0 aliphatic carbocycles. The molecule has 4 nitrogen and oxygen atoms in total. The number of rotatable bonds is 5. The van der Waals surface area contributed by atoms with Crippen LogP contribution in [0, 0.1) is 5.82 Å². The minimum absolute atomic E-state index is 0.0140. The molecule has 0 bridgehead atoms. The van der Waals surface area contributed by atoms with E-state index in [1.165, 1.54) is 6.07 Å². The average molecular weight is 411 g/mol. The molecular formula is C18H13Cl2FN2O2S. The fraction of sp³-hybridized carbons (Fsp3) is 0.0556. The van der Waals surface area contributed by atoms with Crippen molar-refractivity contribution in [1.29, 1.82) is 0 Å². The van der Waals surface area contributed by atoms with Crippen LogP contribution in [0.4, 0.5) is 10.1 Å². The van der Waals surface area contributed by atoms with Gasteiger partial charge in [-0.05, 0) is 54.1 Å². The number of hydrogen-bond acceptors (Lipinski definition) is 3. The second-order valence-corrected chi connectivity index (χ2v) is 8.13. The predicted molar refractivity (Wildman–Crippen MR) is 100 cm³/mol. The van der Waals surface area contributed by atoms with Gasteiger partial charge in [-0.1, -0.05) is 29.3 Å².